The lowest BCUT2D eigenvalue weighted by atomic mass is 9.90. The zero-order valence-corrected chi connectivity index (χ0v) is 18.3. The van der Waals surface area contributed by atoms with Gasteiger partial charge in [-0.05, 0) is 26.2 Å². The van der Waals surface area contributed by atoms with Gasteiger partial charge in [-0.25, -0.2) is 9.97 Å². The number of morpholine rings is 1. The van der Waals surface area contributed by atoms with Gasteiger partial charge in [0, 0.05) is 57.2 Å². The zero-order valence-electron chi connectivity index (χ0n) is 18.3. The molecule has 0 radical (unpaired) electrons. The van der Waals surface area contributed by atoms with E-state index in [9.17, 15) is 9.59 Å². The van der Waals surface area contributed by atoms with Crippen molar-refractivity contribution < 1.29 is 24.0 Å². The van der Waals surface area contributed by atoms with Crippen LogP contribution in [-0.2, 0) is 14.3 Å². The van der Waals surface area contributed by atoms with Crippen molar-refractivity contribution in [3.05, 3.63) is 23.7 Å². The molecule has 2 aromatic heterocycles. The molecule has 10 nitrogen and oxygen atoms in total. The number of carboxylic acids is 1. The Balaban J connectivity index is 1.50. The summed E-state index contributed by atoms with van der Waals surface area (Å²) in [7, 11) is 0. The lowest BCUT2D eigenvalue weighted by Gasteiger charge is -2.33. The van der Waals surface area contributed by atoms with Crippen molar-refractivity contribution in [2.45, 2.75) is 44.9 Å². The van der Waals surface area contributed by atoms with Crippen molar-refractivity contribution in [2.75, 3.05) is 44.3 Å². The summed E-state index contributed by atoms with van der Waals surface area (Å²) in [5.74, 6) is 0.661. The summed E-state index contributed by atoms with van der Waals surface area (Å²) in [6.45, 7) is 5.95. The maximum atomic E-state index is 12.4. The number of anilines is 1. The second-order valence-corrected chi connectivity index (χ2v) is 8.30. The molecule has 0 unspecified atom stereocenters. The molecule has 0 aromatic carbocycles. The molecule has 0 spiro atoms. The standard InChI is InChI=1S/C22H29N5O5/c1-15-13-18(32-25-15)17-14-23-22(27-9-11-31-12-10-27)24-21(17)16-5-7-26(8-6-16)19(28)3-2-4-20(29)30/h13-14,16H,2-12H2,1H3,(H,29,30). The molecular formula is C22H29N5O5. The summed E-state index contributed by atoms with van der Waals surface area (Å²) in [4.78, 5) is 36.6. The Labute approximate surface area is 186 Å². The summed E-state index contributed by atoms with van der Waals surface area (Å²) < 4.78 is 11.0. The Hall–Kier alpha value is -3.01. The number of ether oxygens (including phenoxy) is 1. The van der Waals surface area contributed by atoms with Crippen LogP contribution in [0.1, 0.15) is 49.4 Å². The molecule has 32 heavy (non-hydrogen) atoms. The van der Waals surface area contributed by atoms with Crippen LogP contribution in [-0.4, -0.2) is 76.4 Å². The van der Waals surface area contributed by atoms with Gasteiger partial charge >= 0.3 is 5.97 Å². The molecule has 0 atom stereocenters. The van der Waals surface area contributed by atoms with Gasteiger partial charge in [-0.2, -0.15) is 0 Å². The number of piperidine rings is 1. The van der Waals surface area contributed by atoms with E-state index in [4.69, 9.17) is 19.4 Å². The number of aliphatic carboxylic acids is 1. The molecule has 1 amide bonds. The van der Waals surface area contributed by atoms with E-state index in [-0.39, 0.29) is 24.7 Å². The van der Waals surface area contributed by atoms with Crippen LogP contribution in [0.15, 0.2) is 16.8 Å². The maximum absolute atomic E-state index is 12.4. The average Bonchev–Trinajstić information content (AvgIpc) is 3.25. The zero-order chi connectivity index (χ0) is 22.5. The molecule has 1 N–H and O–H groups in total. The lowest BCUT2D eigenvalue weighted by Crippen LogP contribution is -2.39. The van der Waals surface area contributed by atoms with Crippen LogP contribution in [0.3, 0.4) is 0 Å². The molecule has 10 heteroatoms. The van der Waals surface area contributed by atoms with Crippen molar-refractivity contribution in [1.82, 2.24) is 20.0 Å². The highest BCUT2D eigenvalue weighted by molar-refractivity contribution is 5.77. The highest BCUT2D eigenvalue weighted by atomic mass is 16.5. The number of aryl methyl sites for hydroxylation is 1. The number of carbonyl (C=O) groups excluding carboxylic acids is 1. The number of carbonyl (C=O) groups is 2. The lowest BCUT2D eigenvalue weighted by molar-refractivity contribution is -0.137. The van der Waals surface area contributed by atoms with Crippen molar-refractivity contribution in [3.8, 4) is 11.3 Å². The van der Waals surface area contributed by atoms with E-state index in [1.54, 1.807) is 0 Å². The van der Waals surface area contributed by atoms with Crippen LogP contribution >= 0.6 is 0 Å². The summed E-state index contributed by atoms with van der Waals surface area (Å²) in [6, 6.07) is 1.89. The first-order valence-electron chi connectivity index (χ1n) is 11.1. The van der Waals surface area contributed by atoms with Crippen LogP contribution in [0.4, 0.5) is 5.95 Å². The van der Waals surface area contributed by atoms with Crippen molar-refractivity contribution >= 4 is 17.8 Å². The minimum Gasteiger partial charge on any atom is -0.481 e. The average molecular weight is 444 g/mol. The van der Waals surface area contributed by atoms with Gasteiger partial charge in [0.15, 0.2) is 5.76 Å². The molecule has 172 valence electrons. The quantitative estimate of drug-likeness (QED) is 0.686. The second-order valence-electron chi connectivity index (χ2n) is 8.30. The number of likely N-dealkylation sites (tertiary alicyclic amines) is 1. The first kappa shape index (κ1) is 22.2. The third kappa shape index (κ3) is 5.24. The first-order valence-corrected chi connectivity index (χ1v) is 11.1. The number of nitrogens with zero attached hydrogens (tertiary/aromatic N) is 5. The number of hydrogen-bond acceptors (Lipinski definition) is 8. The molecule has 2 aliphatic heterocycles. The summed E-state index contributed by atoms with van der Waals surface area (Å²) in [5.41, 5.74) is 2.56. The highest BCUT2D eigenvalue weighted by Gasteiger charge is 2.29. The molecule has 2 saturated heterocycles. The molecule has 4 heterocycles. The molecule has 0 aliphatic carbocycles. The smallest absolute Gasteiger partial charge is 0.303 e. The fourth-order valence-electron chi connectivity index (χ4n) is 4.24. The van der Waals surface area contributed by atoms with Crippen molar-refractivity contribution in [3.63, 3.8) is 0 Å². The first-order chi connectivity index (χ1) is 15.5. The summed E-state index contributed by atoms with van der Waals surface area (Å²) in [5, 5.41) is 12.8. The van der Waals surface area contributed by atoms with Crippen molar-refractivity contribution in [1.29, 1.82) is 0 Å². The minimum absolute atomic E-state index is 0.0208. The molecule has 2 aromatic rings. The van der Waals surface area contributed by atoms with Crippen LogP contribution in [0, 0.1) is 6.92 Å². The highest BCUT2D eigenvalue weighted by Crippen LogP contribution is 2.35. The Kier molecular flexibility index (Phi) is 6.99. The molecular weight excluding hydrogens is 414 g/mol. The Bertz CT molecular complexity index is 948. The van der Waals surface area contributed by atoms with Gasteiger partial charge in [0.25, 0.3) is 0 Å². The van der Waals surface area contributed by atoms with Crippen molar-refractivity contribution in [2.24, 2.45) is 0 Å². The summed E-state index contributed by atoms with van der Waals surface area (Å²) >= 11 is 0. The molecule has 2 aliphatic rings. The van der Waals surface area contributed by atoms with Gasteiger partial charge < -0.3 is 24.2 Å². The van der Waals surface area contributed by atoms with Gasteiger partial charge in [-0.1, -0.05) is 5.16 Å². The number of aromatic nitrogens is 3. The fraction of sp³-hybridized carbons (Fsp3) is 0.591. The van der Waals surface area contributed by atoms with E-state index in [0.29, 0.717) is 44.4 Å². The number of rotatable bonds is 7. The van der Waals surface area contributed by atoms with E-state index in [1.165, 1.54) is 0 Å². The second kappa shape index (κ2) is 10.1. The van der Waals surface area contributed by atoms with Gasteiger partial charge in [0.2, 0.25) is 11.9 Å². The minimum atomic E-state index is -0.869. The number of hydrogen-bond donors (Lipinski definition) is 1. The fourth-order valence-corrected chi connectivity index (χ4v) is 4.24. The largest absolute Gasteiger partial charge is 0.481 e. The van der Waals surface area contributed by atoms with Gasteiger partial charge in [-0.15, -0.1) is 0 Å². The van der Waals surface area contributed by atoms with E-state index < -0.39 is 5.97 Å². The van der Waals surface area contributed by atoms with Gasteiger partial charge in [0.1, 0.15) is 0 Å². The molecule has 0 saturated carbocycles. The Morgan fingerprint density at radius 2 is 1.91 bits per heavy atom. The van der Waals surface area contributed by atoms with Gasteiger partial charge in [0.05, 0.1) is 30.2 Å². The van der Waals surface area contributed by atoms with E-state index in [1.807, 2.05) is 24.1 Å². The third-order valence-corrected chi connectivity index (χ3v) is 6.01. The summed E-state index contributed by atoms with van der Waals surface area (Å²) in [6.07, 6.45) is 4.05. The molecule has 0 bridgehead atoms. The van der Waals surface area contributed by atoms with E-state index in [0.717, 1.165) is 42.9 Å². The molecule has 2 fully saturated rings. The third-order valence-electron chi connectivity index (χ3n) is 6.01. The Morgan fingerprint density at radius 3 is 2.56 bits per heavy atom. The predicted molar refractivity (Wildman–Crippen MR) is 115 cm³/mol. The maximum Gasteiger partial charge on any atom is 0.303 e. The number of amides is 1. The van der Waals surface area contributed by atoms with E-state index >= 15 is 0 Å². The Morgan fingerprint density at radius 1 is 1.16 bits per heavy atom. The monoisotopic (exact) mass is 443 g/mol. The topological polar surface area (TPSA) is 122 Å². The van der Waals surface area contributed by atoms with Gasteiger partial charge in [-0.3, -0.25) is 9.59 Å². The van der Waals surface area contributed by atoms with Crippen LogP contribution in [0.5, 0.6) is 0 Å². The van der Waals surface area contributed by atoms with E-state index in [2.05, 4.69) is 15.0 Å². The normalized spacial score (nSPS) is 17.5. The van der Waals surface area contributed by atoms with Crippen LogP contribution in [0.2, 0.25) is 0 Å². The van der Waals surface area contributed by atoms with Crippen LogP contribution < -0.4 is 4.90 Å². The van der Waals surface area contributed by atoms with Crippen LogP contribution in [0.25, 0.3) is 11.3 Å². The molecule has 4 rings (SSSR count). The predicted octanol–water partition coefficient (Wildman–Crippen LogP) is 2.24. The number of carboxylic acid groups (broad SMARTS) is 1. The SMILES string of the molecule is Cc1cc(-c2cnc(N3CCOCC3)nc2C2CCN(C(=O)CCCC(=O)O)CC2)on1.